The van der Waals surface area contributed by atoms with Gasteiger partial charge < -0.3 is 9.47 Å². The minimum Gasteiger partial charge on any atom is -0.460 e. The molecule has 2 atom stereocenters. The molecule has 1 fully saturated rings. The molecule has 0 unspecified atom stereocenters. The smallest absolute Gasteiger partial charge is 0.416 e. The van der Waals surface area contributed by atoms with Crippen molar-refractivity contribution in [3.8, 4) is 5.69 Å². The lowest BCUT2D eigenvalue weighted by atomic mass is 10.1. The van der Waals surface area contributed by atoms with E-state index in [1.165, 1.54) is 16.8 Å². The van der Waals surface area contributed by atoms with Gasteiger partial charge in [0.2, 0.25) is 6.10 Å². The summed E-state index contributed by atoms with van der Waals surface area (Å²) in [7, 11) is 0. The number of halogens is 3. The molecule has 1 aliphatic heterocycles. The molecule has 3 rings (SSSR count). The molecular formula is C19H19F3N2O4. The SMILES string of the molecule is Cc1nn(-c2cccc(C(F)(F)F)c2)c(C)c1CC(=O)O[C@H]1C[C@@H](C)OC1=O. The fraction of sp³-hybridized carbons (Fsp3) is 0.421. The quantitative estimate of drug-likeness (QED) is 0.742. The average molecular weight is 396 g/mol. The number of carbonyl (C=O) groups is 2. The summed E-state index contributed by atoms with van der Waals surface area (Å²) in [6.07, 6.45) is -5.55. The number of aromatic nitrogens is 2. The zero-order valence-corrected chi connectivity index (χ0v) is 15.5. The van der Waals surface area contributed by atoms with E-state index in [4.69, 9.17) is 9.47 Å². The van der Waals surface area contributed by atoms with Crippen LogP contribution in [-0.4, -0.2) is 33.9 Å². The van der Waals surface area contributed by atoms with Crippen LogP contribution in [0, 0.1) is 13.8 Å². The number of nitrogens with zero attached hydrogens (tertiary/aromatic N) is 2. The maximum atomic E-state index is 13.0. The van der Waals surface area contributed by atoms with Crippen molar-refractivity contribution in [3.63, 3.8) is 0 Å². The van der Waals surface area contributed by atoms with Crippen LogP contribution in [0.3, 0.4) is 0 Å². The van der Waals surface area contributed by atoms with Gasteiger partial charge in [-0.15, -0.1) is 0 Å². The molecule has 0 saturated carbocycles. The summed E-state index contributed by atoms with van der Waals surface area (Å²) in [4.78, 5) is 23.8. The molecule has 1 saturated heterocycles. The summed E-state index contributed by atoms with van der Waals surface area (Å²) in [6.45, 7) is 5.03. The molecular weight excluding hydrogens is 377 g/mol. The van der Waals surface area contributed by atoms with E-state index in [1.807, 2.05) is 0 Å². The van der Waals surface area contributed by atoms with E-state index in [2.05, 4.69) is 5.10 Å². The standard InChI is InChI=1S/C19H19F3N2O4/c1-10-7-16(18(26)27-10)28-17(25)9-15-11(2)23-24(12(15)3)14-6-4-5-13(8-14)19(20,21)22/h4-6,8,10,16H,7,9H2,1-3H3/t10-,16+/m1/s1. The van der Waals surface area contributed by atoms with E-state index in [0.717, 1.165) is 12.1 Å². The predicted molar refractivity (Wildman–Crippen MR) is 91.8 cm³/mol. The lowest BCUT2D eigenvalue weighted by Gasteiger charge is -2.11. The average Bonchev–Trinajstić information content (AvgIpc) is 3.06. The van der Waals surface area contributed by atoms with Gasteiger partial charge >= 0.3 is 18.1 Å². The summed E-state index contributed by atoms with van der Waals surface area (Å²) >= 11 is 0. The van der Waals surface area contributed by atoms with Gasteiger partial charge in [0.05, 0.1) is 23.4 Å². The summed E-state index contributed by atoms with van der Waals surface area (Å²) in [6, 6.07) is 4.79. The topological polar surface area (TPSA) is 70.4 Å². The van der Waals surface area contributed by atoms with Crippen LogP contribution in [0.25, 0.3) is 5.69 Å². The summed E-state index contributed by atoms with van der Waals surface area (Å²) in [5, 5.41) is 4.27. The maximum absolute atomic E-state index is 13.0. The zero-order valence-electron chi connectivity index (χ0n) is 15.5. The summed E-state index contributed by atoms with van der Waals surface area (Å²) in [5.74, 6) is -1.19. The monoisotopic (exact) mass is 396 g/mol. The van der Waals surface area contributed by atoms with Gasteiger partial charge in [0, 0.05) is 17.7 Å². The molecule has 2 heterocycles. The zero-order chi connectivity index (χ0) is 20.6. The maximum Gasteiger partial charge on any atom is 0.416 e. The van der Waals surface area contributed by atoms with Crippen molar-refractivity contribution >= 4 is 11.9 Å². The lowest BCUT2D eigenvalue weighted by molar-refractivity contribution is -0.160. The molecule has 28 heavy (non-hydrogen) atoms. The highest BCUT2D eigenvalue weighted by atomic mass is 19.4. The molecule has 0 N–H and O–H groups in total. The third-order valence-corrected chi connectivity index (χ3v) is 4.58. The first-order valence-corrected chi connectivity index (χ1v) is 8.69. The van der Waals surface area contributed by atoms with Crippen LogP contribution in [0.1, 0.15) is 35.9 Å². The van der Waals surface area contributed by atoms with Crippen LogP contribution < -0.4 is 0 Å². The number of carbonyl (C=O) groups excluding carboxylic acids is 2. The molecule has 0 aliphatic carbocycles. The molecule has 150 valence electrons. The number of esters is 2. The Kier molecular flexibility index (Phi) is 5.18. The van der Waals surface area contributed by atoms with Gasteiger partial charge in [0.15, 0.2) is 0 Å². The van der Waals surface area contributed by atoms with Crippen LogP contribution in [-0.2, 0) is 31.7 Å². The molecule has 0 bridgehead atoms. The first-order valence-electron chi connectivity index (χ1n) is 8.69. The van der Waals surface area contributed by atoms with Crippen molar-refractivity contribution < 1.29 is 32.2 Å². The molecule has 1 aromatic carbocycles. The van der Waals surface area contributed by atoms with E-state index in [9.17, 15) is 22.8 Å². The Morgan fingerprint density at radius 3 is 2.68 bits per heavy atom. The Balaban J connectivity index is 1.81. The third-order valence-electron chi connectivity index (χ3n) is 4.58. The molecule has 0 spiro atoms. The van der Waals surface area contributed by atoms with Crippen molar-refractivity contribution in [1.29, 1.82) is 0 Å². The highest BCUT2D eigenvalue weighted by Crippen LogP contribution is 2.31. The number of benzene rings is 1. The summed E-state index contributed by atoms with van der Waals surface area (Å²) in [5.41, 5.74) is 1.02. The number of alkyl halides is 3. The Labute approximate surface area is 159 Å². The number of cyclic esters (lactones) is 1. The fourth-order valence-corrected chi connectivity index (χ4v) is 3.16. The van der Waals surface area contributed by atoms with Crippen LogP contribution >= 0.6 is 0 Å². The second kappa shape index (κ2) is 7.29. The highest BCUT2D eigenvalue weighted by Gasteiger charge is 2.35. The van der Waals surface area contributed by atoms with Crippen molar-refractivity contribution in [2.45, 2.75) is 52.0 Å². The highest BCUT2D eigenvalue weighted by molar-refractivity contribution is 5.82. The van der Waals surface area contributed by atoms with Crippen molar-refractivity contribution in [3.05, 3.63) is 46.8 Å². The first kappa shape index (κ1) is 19.9. The van der Waals surface area contributed by atoms with Crippen molar-refractivity contribution in [2.24, 2.45) is 0 Å². The van der Waals surface area contributed by atoms with E-state index >= 15 is 0 Å². The van der Waals surface area contributed by atoms with E-state index in [-0.39, 0.29) is 18.2 Å². The Bertz CT molecular complexity index is 920. The van der Waals surface area contributed by atoms with Crippen LogP contribution in [0.2, 0.25) is 0 Å². The van der Waals surface area contributed by atoms with E-state index < -0.39 is 29.8 Å². The molecule has 1 aliphatic rings. The van der Waals surface area contributed by atoms with Gasteiger partial charge in [-0.3, -0.25) is 4.79 Å². The molecule has 2 aromatic rings. The minimum absolute atomic E-state index is 0.144. The number of hydrogen-bond acceptors (Lipinski definition) is 5. The number of ether oxygens (including phenoxy) is 2. The first-order chi connectivity index (χ1) is 13.1. The van der Waals surface area contributed by atoms with Crippen LogP contribution in [0.15, 0.2) is 24.3 Å². The third kappa shape index (κ3) is 4.02. The van der Waals surface area contributed by atoms with Crippen LogP contribution in [0.5, 0.6) is 0 Å². The van der Waals surface area contributed by atoms with Gasteiger partial charge in [-0.2, -0.15) is 18.3 Å². The second-order valence-corrected chi connectivity index (χ2v) is 6.75. The Morgan fingerprint density at radius 2 is 2.07 bits per heavy atom. The van der Waals surface area contributed by atoms with Crippen molar-refractivity contribution in [1.82, 2.24) is 9.78 Å². The van der Waals surface area contributed by atoms with E-state index in [1.54, 1.807) is 20.8 Å². The Morgan fingerprint density at radius 1 is 1.36 bits per heavy atom. The Hall–Kier alpha value is -2.84. The molecule has 6 nitrogen and oxygen atoms in total. The van der Waals surface area contributed by atoms with Gasteiger partial charge in [-0.1, -0.05) is 6.07 Å². The van der Waals surface area contributed by atoms with Crippen LogP contribution in [0.4, 0.5) is 13.2 Å². The number of aryl methyl sites for hydroxylation is 1. The van der Waals surface area contributed by atoms with Gasteiger partial charge in [-0.25, -0.2) is 9.48 Å². The number of hydrogen-bond donors (Lipinski definition) is 0. The minimum atomic E-state index is -4.47. The second-order valence-electron chi connectivity index (χ2n) is 6.75. The van der Waals surface area contributed by atoms with Crippen molar-refractivity contribution in [2.75, 3.05) is 0 Å². The van der Waals surface area contributed by atoms with Gasteiger partial charge in [0.25, 0.3) is 0 Å². The number of rotatable bonds is 4. The lowest BCUT2D eigenvalue weighted by Crippen LogP contribution is -2.24. The largest absolute Gasteiger partial charge is 0.460 e. The van der Waals surface area contributed by atoms with Gasteiger partial charge in [-0.05, 0) is 39.0 Å². The molecule has 0 amide bonds. The predicted octanol–water partition coefficient (Wildman–Crippen LogP) is 3.30. The van der Waals surface area contributed by atoms with E-state index in [0.29, 0.717) is 23.4 Å². The normalized spacial score (nSPS) is 19.6. The summed E-state index contributed by atoms with van der Waals surface area (Å²) < 4.78 is 50.4. The molecule has 0 radical (unpaired) electrons. The molecule has 1 aromatic heterocycles. The fourth-order valence-electron chi connectivity index (χ4n) is 3.16. The molecule has 9 heteroatoms. The van der Waals surface area contributed by atoms with Gasteiger partial charge in [0.1, 0.15) is 6.10 Å².